The van der Waals surface area contributed by atoms with Gasteiger partial charge in [-0.05, 0) is 5.56 Å². The van der Waals surface area contributed by atoms with Crippen LogP contribution >= 0.6 is 0 Å². The van der Waals surface area contributed by atoms with Crippen LogP contribution in [0.3, 0.4) is 0 Å². The lowest BCUT2D eigenvalue weighted by Gasteiger charge is -2.16. The second kappa shape index (κ2) is 5.01. The van der Waals surface area contributed by atoms with Crippen LogP contribution in [0.15, 0.2) is 46.1 Å². The van der Waals surface area contributed by atoms with Crippen LogP contribution in [0.1, 0.15) is 5.56 Å². The van der Waals surface area contributed by atoms with E-state index in [-0.39, 0.29) is 11.2 Å². The molecule has 0 aliphatic carbocycles. The average Bonchev–Trinajstić information content (AvgIpc) is 2.32. The third-order valence-corrected chi connectivity index (χ3v) is 5.14. The predicted molar refractivity (Wildman–Crippen MR) is 79.8 cm³/mol. The van der Waals surface area contributed by atoms with Crippen molar-refractivity contribution >= 4 is 13.3 Å². The van der Waals surface area contributed by atoms with E-state index in [1.807, 2.05) is 12.1 Å². The highest BCUT2D eigenvalue weighted by atomic mass is 28.3. The fourth-order valence-electron chi connectivity index (χ4n) is 1.88. The van der Waals surface area contributed by atoms with Gasteiger partial charge < -0.3 is 0 Å². The van der Waals surface area contributed by atoms with Gasteiger partial charge in [0.05, 0.1) is 14.6 Å². The Hall–Kier alpha value is -1.88. The first kappa shape index (κ1) is 13.5. The lowest BCUT2D eigenvalue weighted by molar-refractivity contribution is 0.720. The van der Waals surface area contributed by atoms with Gasteiger partial charge in [-0.15, -0.1) is 0 Å². The van der Waals surface area contributed by atoms with Crippen LogP contribution in [0.5, 0.6) is 0 Å². The Morgan fingerprint density at radius 3 is 2.21 bits per heavy atom. The zero-order valence-electron chi connectivity index (χ0n) is 11.4. The Morgan fingerprint density at radius 1 is 1.05 bits per heavy atom. The summed E-state index contributed by atoms with van der Waals surface area (Å²) in [6, 6.07) is 9.73. The second-order valence-electron chi connectivity index (χ2n) is 5.68. The molecule has 0 aliphatic rings. The van der Waals surface area contributed by atoms with Crippen molar-refractivity contribution in [1.29, 1.82) is 0 Å². The van der Waals surface area contributed by atoms with E-state index in [0.717, 1.165) is 5.56 Å². The molecule has 1 N–H and O–H groups in total. The molecule has 19 heavy (non-hydrogen) atoms. The molecule has 4 nitrogen and oxygen atoms in total. The van der Waals surface area contributed by atoms with Crippen LogP contribution < -0.4 is 16.4 Å². The van der Waals surface area contributed by atoms with Crippen LogP contribution in [-0.4, -0.2) is 17.6 Å². The van der Waals surface area contributed by atoms with Gasteiger partial charge in [0.1, 0.15) is 0 Å². The van der Waals surface area contributed by atoms with E-state index in [1.165, 1.54) is 22.0 Å². The van der Waals surface area contributed by atoms with Crippen LogP contribution in [0, 0.1) is 0 Å². The van der Waals surface area contributed by atoms with E-state index in [0.29, 0.717) is 6.54 Å². The molecule has 2 rings (SSSR count). The number of benzene rings is 1. The molecular formula is C14H18N2O2Si. The first-order valence-corrected chi connectivity index (χ1v) is 9.75. The minimum atomic E-state index is -1.28. The van der Waals surface area contributed by atoms with Gasteiger partial charge >= 0.3 is 5.69 Å². The van der Waals surface area contributed by atoms with Gasteiger partial charge in [-0.3, -0.25) is 14.3 Å². The van der Waals surface area contributed by atoms with Gasteiger partial charge in [-0.1, -0.05) is 49.1 Å². The van der Waals surface area contributed by atoms with E-state index in [2.05, 4.69) is 36.8 Å². The standard InChI is InChI=1S/C14H18N2O2Si/c1-19(2,3)12-6-4-11(5-7-12)10-16-9-8-13(17)15-14(16)18/h4-9H,10H2,1-3H3,(H,15,17,18). The van der Waals surface area contributed by atoms with Crippen molar-refractivity contribution in [1.82, 2.24) is 9.55 Å². The summed E-state index contributed by atoms with van der Waals surface area (Å²) in [5.41, 5.74) is 0.313. The van der Waals surface area contributed by atoms with Crippen LogP contribution in [0.2, 0.25) is 19.6 Å². The van der Waals surface area contributed by atoms with Crippen molar-refractivity contribution in [2.24, 2.45) is 0 Å². The van der Waals surface area contributed by atoms with Crippen molar-refractivity contribution in [2.75, 3.05) is 0 Å². The van der Waals surface area contributed by atoms with Gasteiger partial charge in [0.15, 0.2) is 0 Å². The van der Waals surface area contributed by atoms with Crippen molar-refractivity contribution in [3.63, 3.8) is 0 Å². The van der Waals surface area contributed by atoms with Crippen LogP contribution in [-0.2, 0) is 6.54 Å². The van der Waals surface area contributed by atoms with Gasteiger partial charge in [-0.25, -0.2) is 4.79 Å². The number of aromatic amines is 1. The normalized spacial score (nSPS) is 11.5. The number of nitrogens with zero attached hydrogens (tertiary/aromatic N) is 1. The molecule has 0 bridgehead atoms. The zero-order valence-corrected chi connectivity index (χ0v) is 12.4. The number of H-pyrrole nitrogens is 1. The predicted octanol–water partition coefficient (Wildman–Crippen LogP) is 1.13. The number of hydrogen-bond acceptors (Lipinski definition) is 2. The highest BCUT2D eigenvalue weighted by molar-refractivity contribution is 6.88. The maximum atomic E-state index is 11.6. The average molecular weight is 274 g/mol. The van der Waals surface area contributed by atoms with Gasteiger partial charge in [0.2, 0.25) is 0 Å². The smallest absolute Gasteiger partial charge is 0.296 e. The molecule has 0 saturated carbocycles. The molecule has 0 aliphatic heterocycles. The van der Waals surface area contributed by atoms with Crippen molar-refractivity contribution in [3.05, 3.63) is 62.9 Å². The SMILES string of the molecule is C[Si](C)(C)c1ccc(Cn2ccc(=O)[nH]c2=O)cc1. The highest BCUT2D eigenvalue weighted by Crippen LogP contribution is 2.05. The first-order chi connectivity index (χ1) is 8.86. The maximum absolute atomic E-state index is 11.6. The van der Waals surface area contributed by atoms with Gasteiger partial charge in [-0.2, -0.15) is 0 Å². The third-order valence-electron chi connectivity index (χ3n) is 3.07. The quantitative estimate of drug-likeness (QED) is 0.853. The molecule has 1 aromatic carbocycles. The summed E-state index contributed by atoms with van der Waals surface area (Å²) < 4.78 is 1.49. The molecule has 0 unspecified atom stereocenters. The fraction of sp³-hybridized carbons (Fsp3) is 0.286. The van der Waals surface area contributed by atoms with E-state index in [1.54, 1.807) is 0 Å². The molecule has 0 atom stereocenters. The number of nitrogens with one attached hydrogen (secondary N) is 1. The van der Waals surface area contributed by atoms with Crippen molar-refractivity contribution < 1.29 is 0 Å². The molecule has 100 valence electrons. The topological polar surface area (TPSA) is 54.9 Å². The summed E-state index contributed by atoms with van der Waals surface area (Å²) in [4.78, 5) is 24.8. The molecule has 0 fully saturated rings. The molecular weight excluding hydrogens is 256 g/mol. The molecule has 5 heteroatoms. The summed E-state index contributed by atoms with van der Waals surface area (Å²) in [6.07, 6.45) is 1.52. The van der Waals surface area contributed by atoms with E-state index in [9.17, 15) is 9.59 Å². The third kappa shape index (κ3) is 3.32. The van der Waals surface area contributed by atoms with Crippen molar-refractivity contribution in [2.45, 2.75) is 26.2 Å². The lowest BCUT2D eigenvalue weighted by atomic mass is 10.2. The molecule has 0 saturated heterocycles. The highest BCUT2D eigenvalue weighted by Gasteiger charge is 2.15. The molecule has 0 spiro atoms. The van der Waals surface area contributed by atoms with E-state index >= 15 is 0 Å². The molecule has 1 heterocycles. The summed E-state index contributed by atoms with van der Waals surface area (Å²) in [7, 11) is -1.28. The number of aromatic nitrogens is 2. The molecule has 2 aromatic rings. The van der Waals surface area contributed by atoms with Crippen LogP contribution in [0.4, 0.5) is 0 Å². The Morgan fingerprint density at radius 2 is 1.68 bits per heavy atom. The Labute approximate surface area is 112 Å². The number of hydrogen-bond donors (Lipinski definition) is 1. The number of rotatable bonds is 3. The summed E-state index contributed by atoms with van der Waals surface area (Å²) in [5.74, 6) is 0. The maximum Gasteiger partial charge on any atom is 0.328 e. The molecule has 0 amide bonds. The lowest BCUT2D eigenvalue weighted by Crippen LogP contribution is -2.37. The Bertz CT molecular complexity index is 678. The second-order valence-corrected chi connectivity index (χ2v) is 10.8. The van der Waals surface area contributed by atoms with Gasteiger partial charge in [0.25, 0.3) is 5.56 Å². The summed E-state index contributed by atoms with van der Waals surface area (Å²) in [6.45, 7) is 7.37. The molecule has 1 aromatic heterocycles. The summed E-state index contributed by atoms with van der Waals surface area (Å²) >= 11 is 0. The molecule has 0 radical (unpaired) electrons. The monoisotopic (exact) mass is 274 g/mol. The van der Waals surface area contributed by atoms with E-state index in [4.69, 9.17) is 0 Å². The van der Waals surface area contributed by atoms with Gasteiger partial charge in [0, 0.05) is 12.3 Å². The van der Waals surface area contributed by atoms with Crippen LogP contribution in [0.25, 0.3) is 0 Å². The zero-order chi connectivity index (χ0) is 14.0. The Balaban J connectivity index is 2.25. The largest absolute Gasteiger partial charge is 0.328 e. The fourth-order valence-corrected chi connectivity index (χ4v) is 3.04. The first-order valence-electron chi connectivity index (χ1n) is 6.25. The summed E-state index contributed by atoms with van der Waals surface area (Å²) in [5, 5.41) is 1.39. The minimum absolute atomic E-state index is 0.365. The minimum Gasteiger partial charge on any atom is -0.296 e. The Kier molecular flexibility index (Phi) is 3.57. The van der Waals surface area contributed by atoms with Crippen molar-refractivity contribution in [3.8, 4) is 0 Å². The van der Waals surface area contributed by atoms with E-state index < -0.39 is 8.07 Å².